The van der Waals surface area contributed by atoms with Crippen molar-refractivity contribution in [3.63, 3.8) is 0 Å². The maximum absolute atomic E-state index is 11.4. The van der Waals surface area contributed by atoms with Crippen molar-refractivity contribution >= 4 is 22.6 Å². The molecule has 4 heteroatoms. The molecule has 1 heterocycles. The van der Waals surface area contributed by atoms with Gasteiger partial charge in [-0.3, -0.25) is 4.79 Å². The molecule has 72 valence electrons. The highest BCUT2D eigenvalue weighted by molar-refractivity contribution is 14.1. The zero-order valence-corrected chi connectivity index (χ0v) is 9.98. The maximum Gasteiger partial charge on any atom is 0.251 e. The van der Waals surface area contributed by atoms with Crippen molar-refractivity contribution < 1.29 is 0 Å². The van der Waals surface area contributed by atoms with Gasteiger partial charge in [-0.05, 0) is 42.8 Å². The summed E-state index contributed by atoms with van der Waals surface area (Å²) in [6.45, 7) is 1.64. The average Bonchev–Trinajstić information content (AvgIpc) is 2.02. The van der Waals surface area contributed by atoms with Crippen LogP contribution in [0.5, 0.6) is 0 Å². The second kappa shape index (κ2) is 4.76. The van der Waals surface area contributed by atoms with Gasteiger partial charge in [0.2, 0.25) is 0 Å². The number of likely N-dealkylation sites (N-methyl/N-ethyl adjacent to an activating group) is 1. The molecule has 0 aliphatic heterocycles. The highest BCUT2D eigenvalue weighted by Gasteiger charge is 1.96. The number of hydrogen-bond donors (Lipinski definition) is 0. The van der Waals surface area contributed by atoms with Crippen LogP contribution < -0.4 is 5.56 Å². The van der Waals surface area contributed by atoms with Crippen LogP contribution in [0, 0.1) is 3.57 Å². The smallest absolute Gasteiger partial charge is 0.251 e. The fraction of sp³-hybridized carbons (Fsp3) is 0.444. The Bertz CT molecular complexity index is 333. The Morgan fingerprint density at radius 2 is 2.23 bits per heavy atom. The molecule has 0 saturated heterocycles. The minimum Gasteiger partial charge on any atom is -0.314 e. The lowest BCUT2D eigenvalue weighted by Gasteiger charge is -2.10. The summed E-state index contributed by atoms with van der Waals surface area (Å²) >= 11 is 2.14. The van der Waals surface area contributed by atoms with Crippen molar-refractivity contribution in [3.05, 3.63) is 32.3 Å². The third-order valence-corrected chi connectivity index (χ3v) is 2.42. The molecule has 0 aliphatic rings. The van der Waals surface area contributed by atoms with Crippen LogP contribution in [0.1, 0.15) is 0 Å². The van der Waals surface area contributed by atoms with Crippen LogP contribution in [0.15, 0.2) is 23.1 Å². The normalized spacial score (nSPS) is 10.8. The molecule has 0 amide bonds. The fourth-order valence-electron chi connectivity index (χ4n) is 0.976. The minimum absolute atomic E-state index is 0.0775. The van der Waals surface area contributed by atoms with E-state index >= 15 is 0 Å². The molecule has 13 heavy (non-hydrogen) atoms. The Hall–Kier alpha value is -0.360. The highest BCUT2D eigenvalue weighted by atomic mass is 127. The van der Waals surface area contributed by atoms with E-state index in [9.17, 15) is 4.79 Å². The topological polar surface area (TPSA) is 25.2 Å². The minimum atomic E-state index is 0.0775. The summed E-state index contributed by atoms with van der Waals surface area (Å²) < 4.78 is 2.71. The number of hydrogen-bond acceptors (Lipinski definition) is 2. The lowest BCUT2D eigenvalue weighted by Crippen LogP contribution is -2.25. The van der Waals surface area contributed by atoms with E-state index in [-0.39, 0.29) is 5.56 Å². The third kappa shape index (κ3) is 3.48. The Morgan fingerprint density at radius 1 is 1.54 bits per heavy atom. The maximum atomic E-state index is 11.4. The Morgan fingerprint density at radius 3 is 2.77 bits per heavy atom. The molecule has 0 fully saturated rings. The first-order chi connectivity index (χ1) is 6.09. The second-order valence-electron chi connectivity index (χ2n) is 3.18. The Labute approximate surface area is 91.5 Å². The van der Waals surface area contributed by atoms with Gasteiger partial charge >= 0.3 is 0 Å². The summed E-state index contributed by atoms with van der Waals surface area (Å²) in [5.41, 5.74) is 0.0775. The van der Waals surface area contributed by atoms with E-state index in [4.69, 9.17) is 0 Å². The predicted octanol–water partition coefficient (Wildman–Crippen LogP) is 1.01. The molecular formula is C9H13IN2O. The van der Waals surface area contributed by atoms with Gasteiger partial charge in [0.25, 0.3) is 5.56 Å². The first kappa shape index (κ1) is 10.7. The summed E-state index contributed by atoms with van der Waals surface area (Å²) in [6.07, 6.45) is 1.84. The van der Waals surface area contributed by atoms with Gasteiger partial charge < -0.3 is 9.47 Å². The van der Waals surface area contributed by atoms with Gasteiger partial charge in [-0.25, -0.2) is 0 Å². The van der Waals surface area contributed by atoms with Crippen LogP contribution in [0.3, 0.4) is 0 Å². The van der Waals surface area contributed by atoms with Gasteiger partial charge in [-0.1, -0.05) is 0 Å². The molecule has 0 radical (unpaired) electrons. The van der Waals surface area contributed by atoms with Crippen molar-refractivity contribution in [2.45, 2.75) is 6.54 Å². The fourth-order valence-corrected chi connectivity index (χ4v) is 1.40. The van der Waals surface area contributed by atoms with Gasteiger partial charge in [-0.2, -0.15) is 0 Å². The predicted molar refractivity (Wildman–Crippen MR) is 62.0 cm³/mol. The molecule has 0 aliphatic carbocycles. The van der Waals surface area contributed by atoms with Gasteiger partial charge in [0.05, 0.1) is 0 Å². The molecular weight excluding hydrogens is 279 g/mol. The van der Waals surface area contributed by atoms with Crippen LogP contribution in [0.4, 0.5) is 0 Å². The van der Waals surface area contributed by atoms with E-state index in [1.807, 2.05) is 26.4 Å². The van der Waals surface area contributed by atoms with Gasteiger partial charge in [0.1, 0.15) is 0 Å². The molecule has 1 aromatic heterocycles. The summed E-state index contributed by atoms with van der Waals surface area (Å²) in [5, 5.41) is 0. The molecule has 1 aromatic rings. The molecule has 0 N–H and O–H groups in total. The molecule has 0 atom stereocenters. The molecule has 1 rings (SSSR count). The summed E-state index contributed by atoms with van der Waals surface area (Å²) in [6, 6.07) is 3.59. The number of pyridine rings is 1. The van der Waals surface area contributed by atoms with Crippen molar-refractivity contribution in [1.82, 2.24) is 9.47 Å². The van der Waals surface area contributed by atoms with E-state index in [0.29, 0.717) is 0 Å². The molecule has 0 bridgehead atoms. The van der Waals surface area contributed by atoms with Crippen molar-refractivity contribution in [1.29, 1.82) is 0 Å². The summed E-state index contributed by atoms with van der Waals surface area (Å²) in [4.78, 5) is 13.5. The van der Waals surface area contributed by atoms with Crippen molar-refractivity contribution in [3.8, 4) is 0 Å². The average molecular weight is 292 g/mol. The van der Waals surface area contributed by atoms with Gasteiger partial charge in [0.15, 0.2) is 0 Å². The van der Waals surface area contributed by atoms with E-state index in [0.717, 1.165) is 16.7 Å². The van der Waals surface area contributed by atoms with Crippen LogP contribution in [-0.2, 0) is 6.54 Å². The summed E-state index contributed by atoms with van der Waals surface area (Å²) in [7, 11) is 4.00. The monoisotopic (exact) mass is 292 g/mol. The van der Waals surface area contributed by atoms with Crippen molar-refractivity contribution in [2.75, 3.05) is 20.6 Å². The van der Waals surface area contributed by atoms with E-state index < -0.39 is 0 Å². The zero-order valence-electron chi connectivity index (χ0n) is 7.83. The van der Waals surface area contributed by atoms with E-state index in [2.05, 4.69) is 27.5 Å². The number of nitrogens with zero attached hydrogens (tertiary/aromatic N) is 2. The molecule has 0 unspecified atom stereocenters. The quantitative estimate of drug-likeness (QED) is 0.777. The first-order valence-corrected chi connectivity index (χ1v) is 5.18. The number of rotatable bonds is 3. The lowest BCUT2D eigenvalue weighted by atomic mass is 10.4. The van der Waals surface area contributed by atoms with Crippen molar-refractivity contribution in [2.24, 2.45) is 0 Å². The van der Waals surface area contributed by atoms with Crippen LogP contribution in [-0.4, -0.2) is 30.1 Å². The third-order valence-electron chi connectivity index (χ3n) is 1.75. The van der Waals surface area contributed by atoms with Crippen LogP contribution in [0.25, 0.3) is 0 Å². The number of halogens is 1. The molecule has 0 spiro atoms. The number of aromatic nitrogens is 1. The Balaban J connectivity index is 2.73. The van der Waals surface area contributed by atoms with Crippen LogP contribution in [0.2, 0.25) is 0 Å². The van der Waals surface area contributed by atoms with E-state index in [1.54, 1.807) is 10.6 Å². The van der Waals surface area contributed by atoms with Gasteiger partial charge in [-0.15, -0.1) is 0 Å². The zero-order chi connectivity index (χ0) is 9.84. The molecule has 0 saturated carbocycles. The summed E-state index contributed by atoms with van der Waals surface area (Å²) in [5.74, 6) is 0. The second-order valence-corrected chi connectivity index (χ2v) is 4.43. The molecule has 0 aromatic carbocycles. The van der Waals surface area contributed by atoms with Crippen LogP contribution >= 0.6 is 22.6 Å². The SMILES string of the molecule is CN(C)CCn1ccc(I)cc1=O. The van der Waals surface area contributed by atoms with E-state index in [1.165, 1.54) is 0 Å². The Kier molecular flexibility index (Phi) is 3.92. The highest BCUT2D eigenvalue weighted by Crippen LogP contribution is 1.98. The lowest BCUT2D eigenvalue weighted by molar-refractivity contribution is 0.381. The van der Waals surface area contributed by atoms with Gasteiger partial charge in [0, 0.05) is 28.9 Å². The molecule has 3 nitrogen and oxygen atoms in total. The largest absolute Gasteiger partial charge is 0.314 e. The standard InChI is InChI=1S/C9H13IN2O/c1-11(2)5-6-12-4-3-8(10)7-9(12)13/h3-4,7H,5-6H2,1-2H3. The first-order valence-electron chi connectivity index (χ1n) is 4.10.